The molecule has 0 aliphatic carbocycles. The number of nitrogens with zero attached hydrogens (tertiary/aromatic N) is 2. The number of carbonyl (C=O) groups is 1. The van der Waals surface area contributed by atoms with Crippen molar-refractivity contribution in [3.8, 4) is 10.6 Å². The molecule has 0 fully saturated rings. The van der Waals surface area contributed by atoms with Gasteiger partial charge in [-0.15, -0.1) is 11.3 Å². The lowest BCUT2D eigenvalue weighted by atomic mass is 10.2. The molecule has 124 valence electrons. The Bertz CT molecular complexity index is 850. The lowest BCUT2D eigenvalue weighted by Gasteiger charge is -2.03. The van der Waals surface area contributed by atoms with Crippen molar-refractivity contribution in [2.45, 2.75) is 33.6 Å². The molecule has 0 aliphatic heterocycles. The Kier molecular flexibility index (Phi) is 4.76. The highest BCUT2D eigenvalue weighted by Crippen LogP contribution is 2.25. The van der Waals surface area contributed by atoms with E-state index in [-0.39, 0.29) is 12.3 Å². The van der Waals surface area contributed by atoms with Crippen LogP contribution in [0, 0.1) is 13.8 Å². The number of anilines is 1. The van der Waals surface area contributed by atoms with Crippen molar-refractivity contribution in [3.63, 3.8) is 0 Å². The minimum atomic E-state index is -0.114. The fourth-order valence-electron chi connectivity index (χ4n) is 2.38. The number of rotatable bonds is 5. The zero-order valence-electron chi connectivity index (χ0n) is 13.9. The molecule has 3 rings (SSSR count). The summed E-state index contributed by atoms with van der Waals surface area (Å²) in [6, 6.07) is 8.21. The summed E-state index contributed by atoms with van der Waals surface area (Å²) < 4.78 is 5.13. The number of thiazole rings is 1. The highest BCUT2D eigenvalue weighted by Gasteiger charge is 2.15. The first-order valence-electron chi connectivity index (χ1n) is 7.83. The van der Waals surface area contributed by atoms with Crippen LogP contribution in [-0.2, 0) is 17.6 Å². The summed E-state index contributed by atoms with van der Waals surface area (Å²) in [7, 11) is 0. The number of carbonyl (C=O) groups excluding carboxylic acids is 1. The molecule has 1 amide bonds. The van der Waals surface area contributed by atoms with Gasteiger partial charge in [0, 0.05) is 10.9 Å². The quantitative estimate of drug-likeness (QED) is 0.756. The Morgan fingerprint density at radius 2 is 2.00 bits per heavy atom. The molecule has 0 bridgehead atoms. The van der Waals surface area contributed by atoms with E-state index in [4.69, 9.17) is 4.52 Å². The maximum atomic E-state index is 12.3. The van der Waals surface area contributed by atoms with Crippen LogP contribution >= 0.6 is 11.3 Å². The lowest BCUT2D eigenvalue weighted by Crippen LogP contribution is -2.15. The number of nitrogens with one attached hydrogen (secondary N) is 1. The Balaban J connectivity index is 1.69. The SMILES string of the molecule is CCc1noc(C)c1NC(=O)Cc1csc(-c2ccc(C)cc2)n1. The van der Waals surface area contributed by atoms with Crippen LogP contribution < -0.4 is 5.32 Å². The van der Waals surface area contributed by atoms with Crippen molar-refractivity contribution in [1.29, 1.82) is 0 Å². The van der Waals surface area contributed by atoms with E-state index in [1.54, 1.807) is 18.3 Å². The summed E-state index contributed by atoms with van der Waals surface area (Å²) in [4.78, 5) is 16.8. The van der Waals surface area contributed by atoms with E-state index in [1.807, 2.05) is 24.4 Å². The van der Waals surface area contributed by atoms with Crippen LogP contribution in [0.3, 0.4) is 0 Å². The van der Waals surface area contributed by atoms with Crippen LogP contribution in [0.5, 0.6) is 0 Å². The Labute approximate surface area is 144 Å². The molecular formula is C18H19N3O2S. The van der Waals surface area contributed by atoms with E-state index < -0.39 is 0 Å². The summed E-state index contributed by atoms with van der Waals surface area (Å²) >= 11 is 1.55. The normalized spacial score (nSPS) is 10.8. The number of aryl methyl sites for hydroxylation is 3. The average molecular weight is 341 g/mol. The third kappa shape index (κ3) is 3.54. The van der Waals surface area contributed by atoms with Gasteiger partial charge in [0.1, 0.15) is 16.4 Å². The summed E-state index contributed by atoms with van der Waals surface area (Å²) in [5.74, 6) is 0.510. The standard InChI is InChI=1S/C18H19N3O2S/c1-4-15-17(12(3)23-21-15)20-16(22)9-14-10-24-18(19-14)13-7-5-11(2)6-8-13/h5-8,10H,4,9H2,1-3H3,(H,20,22). The largest absolute Gasteiger partial charge is 0.359 e. The summed E-state index contributed by atoms with van der Waals surface area (Å²) in [6.07, 6.45) is 0.942. The zero-order chi connectivity index (χ0) is 17.1. The molecule has 3 aromatic rings. The van der Waals surface area contributed by atoms with E-state index in [2.05, 4.69) is 34.5 Å². The van der Waals surface area contributed by atoms with Gasteiger partial charge in [-0.3, -0.25) is 4.79 Å². The van der Waals surface area contributed by atoms with Crippen molar-refractivity contribution in [1.82, 2.24) is 10.1 Å². The van der Waals surface area contributed by atoms with Crippen LogP contribution in [-0.4, -0.2) is 16.0 Å². The molecule has 0 radical (unpaired) electrons. The van der Waals surface area contributed by atoms with Gasteiger partial charge in [-0.05, 0) is 20.3 Å². The summed E-state index contributed by atoms with van der Waals surface area (Å²) in [5, 5.41) is 9.68. The number of aromatic nitrogens is 2. The Morgan fingerprint density at radius 1 is 1.25 bits per heavy atom. The van der Waals surface area contributed by atoms with E-state index in [0.29, 0.717) is 17.9 Å². The maximum Gasteiger partial charge on any atom is 0.230 e. The number of hydrogen-bond donors (Lipinski definition) is 1. The highest BCUT2D eigenvalue weighted by atomic mass is 32.1. The van der Waals surface area contributed by atoms with Crippen LogP contribution in [0.15, 0.2) is 34.2 Å². The molecular weight excluding hydrogens is 322 g/mol. The Hall–Kier alpha value is -2.47. The Morgan fingerprint density at radius 3 is 2.71 bits per heavy atom. The fourth-order valence-corrected chi connectivity index (χ4v) is 3.21. The molecule has 5 nitrogen and oxygen atoms in total. The molecule has 0 saturated carbocycles. The first-order chi connectivity index (χ1) is 11.6. The van der Waals surface area contributed by atoms with Crippen molar-refractivity contribution in [3.05, 3.63) is 52.4 Å². The van der Waals surface area contributed by atoms with Crippen LogP contribution in [0.1, 0.15) is 29.6 Å². The van der Waals surface area contributed by atoms with Gasteiger partial charge in [-0.2, -0.15) is 0 Å². The topological polar surface area (TPSA) is 68.0 Å². The van der Waals surface area contributed by atoms with Crippen LogP contribution in [0.4, 0.5) is 5.69 Å². The molecule has 1 aromatic carbocycles. The molecule has 6 heteroatoms. The number of hydrogen-bond acceptors (Lipinski definition) is 5. The average Bonchev–Trinajstić information content (AvgIpc) is 3.16. The minimum absolute atomic E-state index is 0.114. The van der Waals surface area contributed by atoms with Gasteiger partial charge in [0.05, 0.1) is 12.1 Å². The second kappa shape index (κ2) is 6.97. The number of benzene rings is 1. The van der Waals surface area contributed by atoms with Crippen molar-refractivity contribution < 1.29 is 9.32 Å². The molecule has 2 aromatic heterocycles. The van der Waals surface area contributed by atoms with Gasteiger partial charge in [0.15, 0.2) is 5.76 Å². The first kappa shape index (κ1) is 16.4. The van der Waals surface area contributed by atoms with E-state index in [0.717, 1.165) is 22.0 Å². The molecule has 0 aliphatic rings. The molecule has 0 spiro atoms. The van der Waals surface area contributed by atoms with E-state index >= 15 is 0 Å². The van der Waals surface area contributed by atoms with Crippen LogP contribution in [0.25, 0.3) is 10.6 Å². The second-order valence-corrected chi connectivity index (χ2v) is 6.51. The molecule has 0 atom stereocenters. The molecule has 1 N–H and O–H groups in total. The fraction of sp³-hybridized carbons (Fsp3) is 0.278. The van der Waals surface area contributed by atoms with Crippen molar-refractivity contribution >= 4 is 22.9 Å². The van der Waals surface area contributed by atoms with Gasteiger partial charge in [-0.25, -0.2) is 4.98 Å². The minimum Gasteiger partial charge on any atom is -0.359 e. The van der Waals surface area contributed by atoms with Crippen LogP contribution in [0.2, 0.25) is 0 Å². The molecule has 24 heavy (non-hydrogen) atoms. The van der Waals surface area contributed by atoms with E-state index in [9.17, 15) is 4.79 Å². The van der Waals surface area contributed by atoms with Gasteiger partial charge in [-0.1, -0.05) is 41.9 Å². The summed E-state index contributed by atoms with van der Waals surface area (Å²) in [5.41, 5.74) is 4.49. The zero-order valence-corrected chi connectivity index (χ0v) is 14.7. The molecule has 0 saturated heterocycles. The van der Waals surface area contributed by atoms with Gasteiger partial charge >= 0.3 is 0 Å². The van der Waals surface area contributed by atoms with Gasteiger partial charge in [0.25, 0.3) is 0 Å². The molecule has 2 heterocycles. The van der Waals surface area contributed by atoms with Crippen molar-refractivity contribution in [2.75, 3.05) is 5.32 Å². The predicted octanol–water partition coefficient (Wildman–Crippen LogP) is 4.16. The highest BCUT2D eigenvalue weighted by molar-refractivity contribution is 7.13. The summed E-state index contributed by atoms with van der Waals surface area (Å²) in [6.45, 7) is 5.82. The third-order valence-corrected chi connectivity index (χ3v) is 4.66. The second-order valence-electron chi connectivity index (χ2n) is 5.65. The predicted molar refractivity (Wildman–Crippen MR) is 95.2 cm³/mol. The monoisotopic (exact) mass is 341 g/mol. The van der Waals surface area contributed by atoms with Gasteiger partial charge in [0.2, 0.25) is 5.91 Å². The first-order valence-corrected chi connectivity index (χ1v) is 8.71. The maximum absolute atomic E-state index is 12.3. The van der Waals surface area contributed by atoms with E-state index in [1.165, 1.54) is 5.56 Å². The van der Waals surface area contributed by atoms with Crippen molar-refractivity contribution in [2.24, 2.45) is 0 Å². The third-order valence-electron chi connectivity index (χ3n) is 3.72. The smallest absolute Gasteiger partial charge is 0.230 e. The number of amides is 1. The lowest BCUT2D eigenvalue weighted by molar-refractivity contribution is -0.115. The van der Waals surface area contributed by atoms with Gasteiger partial charge < -0.3 is 9.84 Å². The molecule has 0 unspecified atom stereocenters.